The number of ether oxygens (including phenoxy) is 2. The number of hydrogen-bond donors (Lipinski definition) is 2. The van der Waals surface area contributed by atoms with E-state index < -0.39 is 0 Å². The fourth-order valence-corrected chi connectivity index (χ4v) is 4.47. The van der Waals surface area contributed by atoms with Crippen molar-refractivity contribution in [2.45, 2.75) is 50.0 Å². The van der Waals surface area contributed by atoms with Crippen molar-refractivity contribution in [2.75, 3.05) is 26.9 Å². The fraction of sp³-hybridized carbons (Fsp3) is 0.650. The largest absolute Gasteiger partial charge is 0.496 e. The molecule has 2 atom stereocenters. The van der Waals surface area contributed by atoms with E-state index in [1.165, 1.54) is 0 Å². The average molecular weight is 417 g/mol. The molecule has 0 radical (unpaired) electrons. The van der Waals surface area contributed by atoms with Crippen molar-refractivity contribution in [2.24, 2.45) is 11.7 Å². The summed E-state index contributed by atoms with van der Waals surface area (Å²) in [5.74, 6) is 1.20. The molecule has 2 fully saturated rings. The number of methoxy groups -OCH3 is 1. The number of carbonyl (C=O) groups is 1. The highest BCUT2D eigenvalue weighted by atomic mass is 35.5. The van der Waals surface area contributed by atoms with E-state index >= 15 is 0 Å². The SMILES string of the molecule is COc1ccc(Cl)cc1C1(CNC(=O)C[C@@H]2CCC[C@H]2N)CCOCC1.Cl. The summed E-state index contributed by atoms with van der Waals surface area (Å²) >= 11 is 6.26. The van der Waals surface area contributed by atoms with Gasteiger partial charge in [-0.3, -0.25) is 4.79 Å². The Kier molecular flexibility index (Phi) is 8.22. The van der Waals surface area contributed by atoms with E-state index in [9.17, 15) is 4.79 Å². The highest BCUT2D eigenvalue weighted by Gasteiger charge is 2.37. The van der Waals surface area contributed by atoms with Gasteiger partial charge in [0, 0.05) is 48.2 Å². The van der Waals surface area contributed by atoms with Crippen molar-refractivity contribution in [3.63, 3.8) is 0 Å². The van der Waals surface area contributed by atoms with Gasteiger partial charge in [0.1, 0.15) is 5.75 Å². The highest BCUT2D eigenvalue weighted by molar-refractivity contribution is 6.30. The van der Waals surface area contributed by atoms with Crippen LogP contribution < -0.4 is 15.8 Å². The molecule has 152 valence electrons. The predicted octanol–water partition coefficient (Wildman–Crippen LogP) is 3.45. The number of carbonyl (C=O) groups excluding carboxylic acids is 1. The minimum Gasteiger partial charge on any atom is -0.496 e. The third kappa shape index (κ3) is 5.29. The summed E-state index contributed by atoms with van der Waals surface area (Å²) in [6.07, 6.45) is 5.37. The van der Waals surface area contributed by atoms with Crippen LogP contribution in [0.3, 0.4) is 0 Å². The van der Waals surface area contributed by atoms with E-state index in [1.807, 2.05) is 18.2 Å². The zero-order valence-corrected chi connectivity index (χ0v) is 17.4. The summed E-state index contributed by atoms with van der Waals surface area (Å²) in [4.78, 5) is 12.5. The molecule has 1 saturated heterocycles. The molecular weight excluding hydrogens is 387 g/mol. The Labute approximate surface area is 172 Å². The molecule has 1 aromatic rings. The summed E-state index contributed by atoms with van der Waals surface area (Å²) in [5, 5.41) is 3.84. The molecule has 1 aliphatic carbocycles. The minimum atomic E-state index is -0.220. The molecule has 3 N–H and O–H groups in total. The van der Waals surface area contributed by atoms with E-state index in [4.69, 9.17) is 26.8 Å². The van der Waals surface area contributed by atoms with Gasteiger partial charge in [-0.25, -0.2) is 0 Å². The lowest BCUT2D eigenvalue weighted by Crippen LogP contribution is -2.45. The number of benzene rings is 1. The fourth-order valence-electron chi connectivity index (χ4n) is 4.30. The molecule has 1 heterocycles. The van der Waals surface area contributed by atoms with Crippen LogP contribution in [0.25, 0.3) is 0 Å². The Bertz CT molecular complexity index is 636. The van der Waals surface area contributed by atoms with Crippen molar-refractivity contribution in [3.8, 4) is 5.75 Å². The first kappa shape index (κ1) is 22.3. The number of amides is 1. The third-order valence-electron chi connectivity index (χ3n) is 5.97. The second kappa shape index (κ2) is 9.97. The smallest absolute Gasteiger partial charge is 0.220 e. The lowest BCUT2D eigenvalue weighted by atomic mass is 9.73. The molecule has 0 spiro atoms. The predicted molar refractivity (Wildman–Crippen MR) is 110 cm³/mol. The molecule has 0 unspecified atom stereocenters. The van der Waals surface area contributed by atoms with Crippen molar-refractivity contribution in [1.29, 1.82) is 0 Å². The summed E-state index contributed by atoms with van der Waals surface area (Å²) in [7, 11) is 1.67. The normalized spacial score (nSPS) is 24.1. The lowest BCUT2D eigenvalue weighted by Gasteiger charge is -2.38. The van der Waals surface area contributed by atoms with Gasteiger partial charge in [-0.1, -0.05) is 18.0 Å². The number of rotatable bonds is 6. The quantitative estimate of drug-likeness (QED) is 0.744. The minimum absolute atomic E-state index is 0. The van der Waals surface area contributed by atoms with E-state index in [0.29, 0.717) is 37.1 Å². The van der Waals surface area contributed by atoms with Gasteiger partial charge in [0.05, 0.1) is 7.11 Å². The molecule has 27 heavy (non-hydrogen) atoms. The Morgan fingerprint density at radius 1 is 1.37 bits per heavy atom. The van der Waals surface area contributed by atoms with Crippen LogP contribution in [-0.4, -0.2) is 38.8 Å². The number of nitrogens with one attached hydrogen (secondary N) is 1. The standard InChI is InChI=1S/C20H29ClN2O3.ClH/c1-25-18-6-5-15(21)12-16(18)20(7-9-26-10-8-20)13-23-19(24)11-14-3-2-4-17(14)22;/h5-6,12,14,17H,2-4,7-11,13,22H2,1H3,(H,23,24);1H/t14-,17+;/m0./s1. The van der Waals surface area contributed by atoms with Crippen LogP contribution in [0, 0.1) is 5.92 Å². The van der Waals surface area contributed by atoms with E-state index in [2.05, 4.69) is 5.32 Å². The molecule has 1 saturated carbocycles. The molecule has 0 aromatic heterocycles. The van der Waals surface area contributed by atoms with Crippen LogP contribution in [0.4, 0.5) is 0 Å². The van der Waals surface area contributed by atoms with Gasteiger partial charge in [-0.2, -0.15) is 0 Å². The van der Waals surface area contributed by atoms with Gasteiger partial charge < -0.3 is 20.5 Å². The monoisotopic (exact) mass is 416 g/mol. The molecule has 0 bridgehead atoms. The van der Waals surface area contributed by atoms with Crippen molar-refractivity contribution >= 4 is 29.9 Å². The summed E-state index contributed by atoms with van der Waals surface area (Å²) in [6, 6.07) is 5.85. The maximum Gasteiger partial charge on any atom is 0.220 e. The first-order chi connectivity index (χ1) is 12.5. The van der Waals surface area contributed by atoms with E-state index in [-0.39, 0.29) is 29.8 Å². The van der Waals surface area contributed by atoms with Crippen LogP contribution >= 0.6 is 24.0 Å². The van der Waals surface area contributed by atoms with Gasteiger partial charge in [-0.15, -0.1) is 12.4 Å². The number of nitrogens with two attached hydrogens (primary N) is 1. The maximum atomic E-state index is 12.5. The topological polar surface area (TPSA) is 73.6 Å². The van der Waals surface area contributed by atoms with Crippen LogP contribution in [-0.2, 0) is 14.9 Å². The van der Waals surface area contributed by atoms with Gasteiger partial charge in [0.25, 0.3) is 0 Å². The van der Waals surface area contributed by atoms with Gasteiger partial charge >= 0.3 is 0 Å². The molecule has 2 aliphatic rings. The zero-order valence-electron chi connectivity index (χ0n) is 15.8. The molecule has 1 aromatic carbocycles. The van der Waals surface area contributed by atoms with Crippen LogP contribution in [0.15, 0.2) is 18.2 Å². The molecule has 5 nitrogen and oxygen atoms in total. The van der Waals surface area contributed by atoms with Crippen LogP contribution in [0.2, 0.25) is 5.02 Å². The Morgan fingerprint density at radius 2 is 2.11 bits per heavy atom. The van der Waals surface area contributed by atoms with Crippen LogP contribution in [0.1, 0.15) is 44.1 Å². The molecular formula is C20H30Cl2N2O3. The molecule has 1 aliphatic heterocycles. The first-order valence-electron chi connectivity index (χ1n) is 9.48. The number of halogens is 2. The van der Waals surface area contributed by atoms with E-state index in [0.717, 1.165) is 43.4 Å². The summed E-state index contributed by atoms with van der Waals surface area (Å²) in [6.45, 7) is 1.89. The maximum absolute atomic E-state index is 12.5. The second-order valence-electron chi connectivity index (χ2n) is 7.57. The molecule has 1 amide bonds. The van der Waals surface area contributed by atoms with E-state index in [1.54, 1.807) is 7.11 Å². The van der Waals surface area contributed by atoms with Crippen LogP contribution in [0.5, 0.6) is 5.75 Å². The zero-order chi connectivity index (χ0) is 18.6. The Morgan fingerprint density at radius 3 is 2.74 bits per heavy atom. The Hall–Kier alpha value is -1.01. The van der Waals surface area contributed by atoms with Crippen molar-refractivity contribution in [1.82, 2.24) is 5.32 Å². The molecule has 3 rings (SSSR count). The van der Waals surface area contributed by atoms with Gasteiger partial charge in [0.15, 0.2) is 0 Å². The lowest BCUT2D eigenvalue weighted by molar-refractivity contribution is -0.122. The van der Waals surface area contributed by atoms with Gasteiger partial charge in [0.2, 0.25) is 5.91 Å². The third-order valence-corrected chi connectivity index (χ3v) is 6.21. The summed E-state index contributed by atoms with van der Waals surface area (Å²) in [5.41, 5.74) is 6.94. The second-order valence-corrected chi connectivity index (χ2v) is 8.01. The number of hydrogen-bond acceptors (Lipinski definition) is 4. The van der Waals surface area contributed by atoms with Gasteiger partial charge in [-0.05, 0) is 49.8 Å². The highest BCUT2D eigenvalue weighted by Crippen LogP contribution is 2.40. The summed E-state index contributed by atoms with van der Waals surface area (Å²) < 4.78 is 11.2. The average Bonchev–Trinajstić information content (AvgIpc) is 3.05. The van der Waals surface area contributed by atoms with Crippen molar-refractivity contribution in [3.05, 3.63) is 28.8 Å². The van der Waals surface area contributed by atoms with Crippen molar-refractivity contribution < 1.29 is 14.3 Å². The Balaban J connectivity index is 0.00000261. The first-order valence-corrected chi connectivity index (χ1v) is 9.86. The molecule has 7 heteroatoms.